The van der Waals surface area contributed by atoms with E-state index in [0.717, 1.165) is 23.2 Å². The van der Waals surface area contributed by atoms with Gasteiger partial charge in [0, 0.05) is 12.4 Å². The minimum atomic E-state index is 0.756. The summed E-state index contributed by atoms with van der Waals surface area (Å²) in [5.74, 6) is 2.37. The second-order valence-electron chi connectivity index (χ2n) is 4.57. The van der Waals surface area contributed by atoms with E-state index in [9.17, 15) is 0 Å². The van der Waals surface area contributed by atoms with Crippen molar-refractivity contribution >= 4 is 17.8 Å². The van der Waals surface area contributed by atoms with Gasteiger partial charge in [0.15, 0.2) is 11.4 Å². The standard InChI is InChI=1S/C13H12N2O/c1-16-12-7-10-5-8-4-9(8)6-11(10)15-3-2-14-13(12)15/h2-3,5-9H,4H2,1H3. The predicted molar refractivity (Wildman–Crippen MR) is 61.5 cm³/mol. The minimum absolute atomic E-state index is 0.756. The molecule has 2 heterocycles. The highest BCUT2D eigenvalue weighted by atomic mass is 16.5. The maximum Gasteiger partial charge on any atom is 0.180 e. The van der Waals surface area contributed by atoms with Crippen LogP contribution < -0.4 is 15.3 Å². The number of aromatic nitrogens is 2. The van der Waals surface area contributed by atoms with Crippen LogP contribution in [0.2, 0.25) is 0 Å². The Balaban J connectivity index is 2.23. The molecule has 0 aliphatic heterocycles. The summed E-state index contributed by atoms with van der Waals surface area (Å²) in [6.07, 6.45) is 9.86. The third kappa shape index (κ3) is 0.953. The lowest BCUT2D eigenvalue weighted by atomic mass is 10.1. The van der Waals surface area contributed by atoms with Crippen molar-refractivity contribution < 1.29 is 4.74 Å². The van der Waals surface area contributed by atoms with Crippen molar-refractivity contribution in [3.8, 4) is 5.75 Å². The highest BCUT2D eigenvalue weighted by Gasteiger charge is 2.35. The molecule has 1 fully saturated rings. The van der Waals surface area contributed by atoms with Crippen molar-refractivity contribution in [2.45, 2.75) is 6.42 Å². The maximum absolute atomic E-state index is 5.38. The van der Waals surface area contributed by atoms with E-state index in [1.165, 1.54) is 17.0 Å². The molecule has 2 unspecified atom stereocenters. The van der Waals surface area contributed by atoms with Crippen molar-refractivity contribution in [2.75, 3.05) is 7.11 Å². The molecule has 16 heavy (non-hydrogen) atoms. The van der Waals surface area contributed by atoms with Crippen molar-refractivity contribution in [1.29, 1.82) is 0 Å². The molecule has 80 valence electrons. The summed E-state index contributed by atoms with van der Waals surface area (Å²) in [6, 6.07) is 2.10. The fourth-order valence-electron chi connectivity index (χ4n) is 2.61. The summed E-state index contributed by atoms with van der Waals surface area (Å²) in [5.41, 5.74) is 0.907. The van der Waals surface area contributed by atoms with Crippen LogP contribution in [0, 0.1) is 11.8 Å². The van der Waals surface area contributed by atoms with Gasteiger partial charge in [0.25, 0.3) is 0 Å². The fourth-order valence-corrected chi connectivity index (χ4v) is 2.61. The molecular formula is C13H12N2O. The van der Waals surface area contributed by atoms with Crippen molar-refractivity contribution in [1.82, 2.24) is 9.38 Å². The monoisotopic (exact) mass is 212 g/mol. The Morgan fingerprint density at radius 2 is 2.25 bits per heavy atom. The zero-order valence-corrected chi connectivity index (χ0v) is 9.05. The summed E-state index contributed by atoms with van der Waals surface area (Å²) in [6.45, 7) is 0. The molecule has 0 radical (unpaired) electrons. The van der Waals surface area contributed by atoms with Crippen LogP contribution in [0.15, 0.2) is 18.5 Å². The molecule has 3 nitrogen and oxygen atoms in total. The average molecular weight is 212 g/mol. The second kappa shape index (κ2) is 2.67. The average Bonchev–Trinajstić information content (AvgIpc) is 2.87. The van der Waals surface area contributed by atoms with E-state index in [2.05, 4.69) is 27.6 Å². The molecule has 1 saturated carbocycles. The number of pyridine rings is 1. The van der Waals surface area contributed by atoms with Gasteiger partial charge in [0.2, 0.25) is 0 Å². The van der Waals surface area contributed by atoms with Crippen LogP contribution in [-0.2, 0) is 0 Å². The Bertz CT molecular complexity index is 699. The highest BCUT2D eigenvalue weighted by Crippen LogP contribution is 2.41. The Morgan fingerprint density at radius 3 is 3.12 bits per heavy atom. The first-order valence-electron chi connectivity index (χ1n) is 5.60. The van der Waals surface area contributed by atoms with Gasteiger partial charge in [-0.15, -0.1) is 0 Å². The van der Waals surface area contributed by atoms with Crippen LogP contribution in [0.1, 0.15) is 6.42 Å². The van der Waals surface area contributed by atoms with Gasteiger partial charge in [-0.2, -0.15) is 0 Å². The summed E-state index contributed by atoms with van der Waals surface area (Å²) in [7, 11) is 1.70. The number of fused-ring (bicyclic) bond motifs is 4. The molecule has 0 aromatic carbocycles. The van der Waals surface area contributed by atoms with E-state index in [0.29, 0.717) is 0 Å². The first-order valence-corrected chi connectivity index (χ1v) is 5.60. The number of nitrogens with zero attached hydrogens (tertiary/aromatic N) is 2. The van der Waals surface area contributed by atoms with Gasteiger partial charge < -0.3 is 4.74 Å². The molecule has 2 aromatic rings. The lowest BCUT2D eigenvalue weighted by Gasteiger charge is -2.06. The molecule has 4 rings (SSSR count). The van der Waals surface area contributed by atoms with Gasteiger partial charge in [-0.3, -0.25) is 4.40 Å². The molecule has 2 aliphatic rings. The molecule has 0 amide bonds. The highest BCUT2D eigenvalue weighted by molar-refractivity contribution is 5.58. The largest absolute Gasteiger partial charge is 0.493 e. The van der Waals surface area contributed by atoms with Crippen LogP contribution in [0.4, 0.5) is 0 Å². The lowest BCUT2D eigenvalue weighted by molar-refractivity contribution is 0.416. The van der Waals surface area contributed by atoms with E-state index in [4.69, 9.17) is 4.74 Å². The van der Waals surface area contributed by atoms with Crippen molar-refractivity contribution in [3.05, 3.63) is 29.0 Å². The van der Waals surface area contributed by atoms with Crippen molar-refractivity contribution in [3.63, 3.8) is 0 Å². The van der Waals surface area contributed by atoms with Crippen LogP contribution in [0.25, 0.3) is 17.8 Å². The Kier molecular flexibility index (Phi) is 1.40. The first-order chi connectivity index (χ1) is 7.86. The summed E-state index contributed by atoms with van der Waals surface area (Å²) < 4.78 is 7.51. The maximum atomic E-state index is 5.38. The molecule has 2 aromatic heterocycles. The molecule has 0 saturated heterocycles. The van der Waals surface area contributed by atoms with Gasteiger partial charge in [-0.05, 0) is 29.5 Å². The summed E-state index contributed by atoms with van der Waals surface area (Å²) >= 11 is 0. The smallest absolute Gasteiger partial charge is 0.180 e. The normalized spacial score (nSPS) is 25.3. The number of rotatable bonds is 1. The Labute approximate surface area is 92.7 Å². The molecular weight excluding hydrogens is 200 g/mol. The third-order valence-corrected chi connectivity index (χ3v) is 3.58. The Hall–Kier alpha value is -1.77. The Morgan fingerprint density at radius 1 is 1.38 bits per heavy atom. The predicted octanol–water partition coefficient (Wildman–Crippen LogP) is 0.554. The number of imidazole rings is 1. The lowest BCUT2D eigenvalue weighted by Crippen LogP contribution is -2.33. The van der Waals surface area contributed by atoms with Crippen molar-refractivity contribution in [2.24, 2.45) is 11.8 Å². The number of hydrogen-bond donors (Lipinski definition) is 0. The van der Waals surface area contributed by atoms with Gasteiger partial charge >= 0.3 is 0 Å². The molecule has 0 bridgehead atoms. The molecule has 2 aliphatic carbocycles. The van der Waals surface area contributed by atoms with Gasteiger partial charge in [0.1, 0.15) is 0 Å². The molecule has 2 atom stereocenters. The van der Waals surface area contributed by atoms with E-state index in [1.807, 2.05) is 12.4 Å². The van der Waals surface area contributed by atoms with E-state index < -0.39 is 0 Å². The zero-order chi connectivity index (χ0) is 10.7. The molecule has 0 spiro atoms. The minimum Gasteiger partial charge on any atom is -0.493 e. The second-order valence-corrected chi connectivity index (χ2v) is 4.57. The number of hydrogen-bond acceptors (Lipinski definition) is 2. The molecule has 0 N–H and O–H groups in total. The molecule has 3 heteroatoms. The van der Waals surface area contributed by atoms with Crippen LogP contribution in [-0.4, -0.2) is 16.5 Å². The third-order valence-electron chi connectivity index (χ3n) is 3.58. The van der Waals surface area contributed by atoms with E-state index in [1.54, 1.807) is 7.11 Å². The number of methoxy groups -OCH3 is 1. The van der Waals surface area contributed by atoms with Gasteiger partial charge in [-0.25, -0.2) is 4.98 Å². The van der Waals surface area contributed by atoms with E-state index >= 15 is 0 Å². The fraction of sp³-hybridized carbons (Fsp3) is 0.308. The van der Waals surface area contributed by atoms with E-state index in [-0.39, 0.29) is 0 Å². The topological polar surface area (TPSA) is 26.5 Å². The number of ether oxygens (including phenoxy) is 1. The van der Waals surface area contributed by atoms with Crippen LogP contribution >= 0.6 is 0 Å². The van der Waals surface area contributed by atoms with Gasteiger partial charge in [0.05, 0.1) is 12.5 Å². The summed E-state index contributed by atoms with van der Waals surface area (Å²) in [5, 5.41) is 2.55. The van der Waals surface area contributed by atoms with Crippen LogP contribution in [0.5, 0.6) is 5.75 Å². The van der Waals surface area contributed by atoms with Crippen LogP contribution in [0.3, 0.4) is 0 Å². The SMILES string of the molecule is COc1cc2c(n3ccnc13)=CC1CC1C=2. The first kappa shape index (κ1) is 8.39. The van der Waals surface area contributed by atoms with Gasteiger partial charge in [-0.1, -0.05) is 12.2 Å². The zero-order valence-electron chi connectivity index (χ0n) is 9.05. The quantitative estimate of drug-likeness (QED) is 0.690. The summed E-state index contributed by atoms with van der Waals surface area (Å²) in [4.78, 5) is 4.34.